The van der Waals surface area contributed by atoms with Gasteiger partial charge in [0, 0.05) is 39.2 Å². The number of carbonyl (C=O) groups excluding carboxylic acids is 3. The van der Waals surface area contributed by atoms with Gasteiger partial charge in [-0.1, -0.05) is 12.1 Å². The van der Waals surface area contributed by atoms with Crippen molar-refractivity contribution >= 4 is 17.7 Å². The summed E-state index contributed by atoms with van der Waals surface area (Å²) in [5.41, 5.74) is 1.53. The number of carbonyl (C=O) groups is 3. The second-order valence-electron chi connectivity index (χ2n) is 5.86. The van der Waals surface area contributed by atoms with E-state index in [9.17, 15) is 14.4 Å². The van der Waals surface area contributed by atoms with Crippen molar-refractivity contribution in [3.63, 3.8) is 0 Å². The van der Waals surface area contributed by atoms with Crippen LogP contribution >= 0.6 is 0 Å². The molecule has 7 nitrogen and oxygen atoms in total. The molecule has 0 aliphatic carbocycles. The minimum atomic E-state index is -0.285. The van der Waals surface area contributed by atoms with E-state index in [1.807, 2.05) is 12.1 Å². The van der Waals surface area contributed by atoms with Crippen molar-refractivity contribution in [1.82, 2.24) is 15.5 Å². The first-order chi connectivity index (χ1) is 12.5. The van der Waals surface area contributed by atoms with Gasteiger partial charge in [-0.05, 0) is 36.2 Å². The molecule has 3 amide bonds. The van der Waals surface area contributed by atoms with Crippen molar-refractivity contribution in [2.45, 2.75) is 19.4 Å². The Morgan fingerprint density at radius 1 is 1.08 bits per heavy atom. The van der Waals surface area contributed by atoms with Crippen LogP contribution in [0.5, 0.6) is 0 Å². The summed E-state index contributed by atoms with van der Waals surface area (Å²) in [6.45, 7) is 0.867. The average molecular weight is 357 g/mol. The third-order valence-corrected chi connectivity index (χ3v) is 3.89. The van der Waals surface area contributed by atoms with E-state index < -0.39 is 0 Å². The highest BCUT2D eigenvalue weighted by molar-refractivity contribution is 5.94. The van der Waals surface area contributed by atoms with E-state index >= 15 is 0 Å². The highest BCUT2D eigenvalue weighted by atomic mass is 16.3. The van der Waals surface area contributed by atoms with Gasteiger partial charge in [-0.2, -0.15) is 0 Å². The lowest BCUT2D eigenvalue weighted by Gasteiger charge is -2.17. The minimum absolute atomic E-state index is 0.00683. The van der Waals surface area contributed by atoms with Gasteiger partial charge in [-0.15, -0.1) is 0 Å². The summed E-state index contributed by atoms with van der Waals surface area (Å²) in [6, 6.07) is 10.4. The summed E-state index contributed by atoms with van der Waals surface area (Å²) < 4.78 is 5.00. The standard InChI is InChI=1S/C19H23N3O4/c1-20-18(24)15-9-7-14(8-10-15)13-22(2)17(23)6-3-11-21-19(25)16-5-4-12-26-16/h4-5,7-10,12H,3,6,11,13H2,1-2H3,(H,20,24)(H,21,25). The van der Waals surface area contributed by atoms with Gasteiger partial charge in [-0.25, -0.2) is 0 Å². The maximum absolute atomic E-state index is 12.2. The normalized spacial score (nSPS) is 10.2. The Morgan fingerprint density at radius 2 is 1.81 bits per heavy atom. The molecule has 0 bridgehead atoms. The number of furan rings is 1. The first-order valence-corrected chi connectivity index (χ1v) is 8.38. The minimum Gasteiger partial charge on any atom is -0.459 e. The highest BCUT2D eigenvalue weighted by Gasteiger charge is 2.11. The molecule has 138 valence electrons. The van der Waals surface area contributed by atoms with E-state index in [0.717, 1.165) is 5.56 Å². The van der Waals surface area contributed by atoms with Gasteiger partial charge in [-0.3, -0.25) is 14.4 Å². The summed E-state index contributed by atoms with van der Waals surface area (Å²) in [4.78, 5) is 37.0. The molecule has 0 atom stereocenters. The fourth-order valence-corrected chi connectivity index (χ4v) is 2.40. The van der Waals surface area contributed by atoms with Crippen LogP contribution in [0.3, 0.4) is 0 Å². The predicted molar refractivity (Wildman–Crippen MR) is 96.6 cm³/mol. The Bertz CT molecular complexity index is 739. The summed E-state index contributed by atoms with van der Waals surface area (Å²) in [5.74, 6) is -0.175. The van der Waals surface area contributed by atoms with Gasteiger partial charge in [0.05, 0.1) is 6.26 Å². The van der Waals surface area contributed by atoms with Gasteiger partial charge in [0.15, 0.2) is 5.76 Å². The highest BCUT2D eigenvalue weighted by Crippen LogP contribution is 2.08. The van der Waals surface area contributed by atoms with Crippen molar-refractivity contribution in [2.75, 3.05) is 20.6 Å². The van der Waals surface area contributed by atoms with Gasteiger partial charge in [0.25, 0.3) is 11.8 Å². The SMILES string of the molecule is CNC(=O)c1ccc(CN(C)C(=O)CCCNC(=O)c2ccco2)cc1. The lowest BCUT2D eigenvalue weighted by atomic mass is 10.1. The maximum Gasteiger partial charge on any atom is 0.286 e. The van der Waals surface area contributed by atoms with Crippen molar-refractivity contribution in [3.05, 3.63) is 59.5 Å². The second-order valence-corrected chi connectivity index (χ2v) is 5.86. The van der Waals surface area contributed by atoms with Crippen LogP contribution in [-0.2, 0) is 11.3 Å². The lowest BCUT2D eigenvalue weighted by molar-refractivity contribution is -0.130. The van der Waals surface area contributed by atoms with Crippen LogP contribution in [0.15, 0.2) is 47.1 Å². The summed E-state index contributed by atoms with van der Waals surface area (Å²) in [7, 11) is 3.32. The molecule has 2 N–H and O–H groups in total. The molecule has 0 unspecified atom stereocenters. The lowest BCUT2D eigenvalue weighted by Crippen LogP contribution is -2.28. The van der Waals surface area contributed by atoms with Crippen LogP contribution in [0, 0.1) is 0 Å². The van der Waals surface area contributed by atoms with Crippen LogP contribution < -0.4 is 10.6 Å². The number of nitrogens with zero attached hydrogens (tertiary/aromatic N) is 1. The number of nitrogens with one attached hydrogen (secondary N) is 2. The zero-order chi connectivity index (χ0) is 18.9. The van der Waals surface area contributed by atoms with Crippen molar-refractivity contribution in [2.24, 2.45) is 0 Å². The predicted octanol–water partition coefficient (Wildman–Crippen LogP) is 1.81. The zero-order valence-corrected chi connectivity index (χ0v) is 15.0. The monoisotopic (exact) mass is 357 g/mol. The summed E-state index contributed by atoms with van der Waals surface area (Å²) >= 11 is 0. The molecule has 26 heavy (non-hydrogen) atoms. The second kappa shape index (κ2) is 9.41. The molecule has 0 aliphatic rings. The molecule has 1 aromatic carbocycles. The van der Waals surface area contributed by atoms with Crippen LogP contribution in [0.2, 0.25) is 0 Å². The third kappa shape index (κ3) is 5.47. The van der Waals surface area contributed by atoms with Gasteiger partial charge < -0.3 is 20.0 Å². The van der Waals surface area contributed by atoms with E-state index in [4.69, 9.17) is 4.42 Å². The van der Waals surface area contributed by atoms with E-state index in [0.29, 0.717) is 31.5 Å². The molecule has 0 aliphatic heterocycles. The molecule has 0 radical (unpaired) electrons. The maximum atomic E-state index is 12.2. The molecule has 2 rings (SSSR count). The van der Waals surface area contributed by atoms with Gasteiger partial charge >= 0.3 is 0 Å². The van der Waals surface area contributed by atoms with Crippen molar-refractivity contribution < 1.29 is 18.8 Å². The Labute approximate surface area is 152 Å². The molecular formula is C19H23N3O4. The van der Waals surface area contributed by atoms with Crippen LogP contribution in [0.1, 0.15) is 39.3 Å². The molecule has 2 aromatic rings. The van der Waals surface area contributed by atoms with E-state index in [1.54, 1.807) is 43.3 Å². The topological polar surface area (TPSA) is 91.7 Å². The Balaban J connectivity index is 1.71. The zero-order valence-electron chi connectivity index (χ0n) is 15.0. The molecule has 0 fully saturated rings. The quantitative estimate of drug-likeness (QED) is 0.705. The first-order valence-electron chi connectivity index (χ1n) is 8.38. The van der Waals surface area contributed by atoms with Crippen LogP contribution in [-0.4, -0.2) is 43.3 Å². The number of amides is 3. The Morgan fingerprint density at radius 3 is 2.42 bits per heavy atom. The Kier molecular flexibility index (Phi) is 6.96. The van der Waals surface area contributed by atoms with Crippen molar-refractivity contribution in [3.8, 4) is 0 Å². The summed E-state index contributed by atoms with van der Waals surface area (Å²) in [6.07, 6.45) is 2.32. The Hall–Kier alpha value is -3.09. The number of hydrogen-bond donors (Lipinski definition) is 2. The molecule has 1 aromatic heterocycles. The average Bonchev–Trinajstić information content (AvgIpc) is 3.19. The van der Waals surface area contributed by atoms with E-state index in [1.165, 1.54) is 6.26 Å². The fourth-order valence-electron chi connectivity index (χ4n) is 2.40. The molecule has 7 heteroatoms. The third-order valence-electron chi connectivity index (χ3n) is 3.89. The number of benzene rings is 1. The molecule has 1 heterocycles. The van der Waals surface area contributed by atoms with Crippen LogP contribution in [0.25, 0.3) is 0 Å². The molecular weight excluding hydrogens is 334 g/mol. The molecule has 0 saturated carbocycles. The molecule has 0 spiro atoms. The van der Waals surface area contributed by atoms with E-state index in [2.05, 4.69) is 10.6 Å². The van der Waals surface area contributed by atoms with Gasteiger partial charge in [0.1, 0.15) is 0 Å². The smallest absolute Gasteiger partial charge is 0.286 e. The van der Waals surface area contributed by atoms with Crippen molar-refractivity contribution in [1.29, 1.82) is 0 Å². The van der Waals surface area contributed by atoms with Crippen LogP contribution in [0.4, 0.5) is 0 Å². The number of hydrogen-bond acceptors (Lipinski definition) is 4. The number of rotatable bonds is 8. The fraction of sp³-hybridized carbons (Fsp3) is 0.316. The summed E-state index contributed by atoms with van der Waals surface area (Å²) in [5, 5.41) is 5.28. The molecule has 0 saturated heterocycles. The largest absolute Gasteiger partial charge is 0.459 e. The van der Waals surface area contributed by atoms with E-state index in [-0.39, 0.29) is 23.5 Å². The first kappa shape index (κ1) is 19.2. The van der Waals surface area contributed by atoms with Gasteiger partial charge in [0.2, 0.25) is 5.91 Å².